The topological polar surface area (TPSA) is 106 Å². The van der Waals surface area contributed by atoms with E-state index in [0.29, 0.717) is 12.8 Å². The predicted molar refractivity (Wildman–Crippen MR) is 149 cm³/mol. The summed E-state index contributed by atoms with van der Waals surface area (Å²) in [5.41, 5.74) is 6.30. The van der Waals surface area contributed by atoms with E-state index in [2.05, 4.69) is 57.7 Å². The third-order valence-electron chi connectivity index (χ3n) is 6.31. The van der Waals surface area contributed by atoms with Gasteiger partial charge in [-0.2, -0.15) is 0 Å². The number of aromatic nitrogens is 7. The minimum Gasteiger partial charge on any atom is -0.875 e. The van der Waals surface area contributed by atoms with Crippen molar-refractivity contribution in [1.29, 1.82) is 0 Å². The van der Waals surface area contributed by atoms with Crippen molar-refractivity contribution in [3.05, 3.63) is 94.8 Å². The second-order valence-electron chi connectivity index (χ2n) is 10.8. The molecule has 0 fully saturated rings. The van der Waals surface area contributed by atoms with E-state index in [1.54, 1.807) is 12.4 Å². The molecule has 11 heteroatoms. The van der Waals surface area contributed by atoms with Crippen molar-refractivity contribution in [2.45, 2.75) is 68.2 Å². The summed E-state index contributed by atoms with van der Waals surface area (Å²) < 4.78 is 6.19. The van der Waals surface area contributed by atoms with E-state index in [-0.39, 0.29) is 37.4 Å². The van der Waals surface area contributed by atoms with Crippen molar-refractivity contribution >= 4 is 12.9 Å². The fraction of sp³-hybridized carbons (Fsp3) is 0.393. The summed E-state index contributed by atoms with van der Waals surface area (Å²) in [4.78, 5) is 14.6. The molecule has 0 radical (unpaired) electrons. The average Bonchev–Trinajstić information content (AvgIpc) is 3.44. The van der Waals surface area contributed by atoms with Crippen molar-refractivity contribution in [2.75, 3.05) is 0 Å². The average molecular weight is 622 g/mol. The molecule has 9 nitrogen and oxygen atoms in total. The largest absolute Gasteiger partial charge is 2.00 e. The van der Waals surface area contributed by atoms with E-state index < -0.39 is 7.12 Å². The zero-order valence-corrected chi connectivity index (χ0v) is 25.6. The van der Waals surface area contributed by atoms with Crippen LogP contribution in [0.3, 0.4) is 0 Å². The molecular weight excluding hydrogens is 584 g/mol. The Bertz CT molecular complexity index is 1270. The van der Waals surface area contributed by atoms with Crippen LogP contribution in [-0.4, -0.2) is 47.0 Å². The predicted octanol–water partition coefficient (Wildman–Crippen LogP) is 3.49. The maximum absolute atomic E-state index is 10.8. The van der Waals surface area contributed by atoms with E-state index in [9.17, 15) is 9.90 Å². The van der Waals surface area contributed by atoms with E-state index >= 15 is 0 Å². The van der Waals surface area contributed by atoms with Gasteiger partial charge in [-0.15, -0.1) is 5.76 Å². The van der Waals surface area contributed by atoms with Gasteiger partial charge in [0, 0.05) is 18.8 Å². The van der Waals surface area contributed by atoms with Gasteiger partial charge in [0.1, 0.15) is 0 Å². The first-order valence-corrected chi connectivity index (χ1v) is 12.9. The molecule has 0 N–H and O–H groups in total. The van der Waals surface area contributed by atoms with Gasteiger partial charge in [0.05, 0.1) is 17.1 Å². The Morgan fingerprint density at radius 1 is 0.744 bits per heavy atom. The minimum absolute atomic E-state index is 0. The van der Waals surface area contributed by atoms with Crippen LogP contribution in [0.25, 0.3) is 0 Å². The fourth-order valence-electron chi connectivity index (χ4n) is 4.86. The summed E-state index contributed by atoms with van der Waals surface area (Å²) in [7, 11) is -1.26. The number of rotatable bonds is 3. The maximum Gasteiger partial charge on any atom is 2.00 e. The number of carbonyl (C=O) groups is 1. The van der Waals surface area contributed by atoms with Crippen LogP contribution in [0.5, 0.6) is 0 Å². The number of pyridine rings is 1. The smallest absolute Gasteiger partial charge is 0.875 e. The summed E-state index contributed by atoms with van der Waals surface area (Å²) in [6.07, 6.45) is 5.74. The molecule has 0 spiro atoms. The molecule has 0 saturated heterocycles. The fourth-order valence-corrected chi connectivity index (χ4v) is 4.86. The Morgan fingerprint density at radius 3 is 1.38 bits per heavy atom. The van der Waals surface area contributed by atoms with E-state index in [0.717, 1.165) is 34.2 Å². The molecule has 0 atom stereocenters. The van der Waals surface area contributed by atoms with Crippen LogP contribution in [0.1, 0.15) is 60.9 Å². The molecule has 0 amide bonds. The van der Waals surface area contributed by atoms with Gasteiger partial charge in [-0.1, -0.05) is 19.9 Å². The van der Waals surface area contributed by atoms with E-state index in [1.807, 2.05) is 52.8 Å². The maximum atomic E-state index is 10.8. The number of hydrogen-bond donors (Lipinski definition) is 0. The summed E-state index contributed by atoms with van der Waals surface area (Å²) >= 11 is 0. The van der Waals surface area contributed by atoms with Crippen molar-refractivity contribution in [3.63, 3.8) is 0 Å². The third-order valence-corrected chi connectivity index (χ3v) is 6.31. The molecule has 0 saturated carbocycles. The zero-order chi connectivity index (χ0) is 28.0. The first kappa shape index (κ1) is 31.9. The summed E-state index contributed by atoms with van der Waals surface area (Å²) in [5, 5.41) is 24.9. The summed E-state index contributed by atoms with van der Waals surface area (Å²) in [6.45, 7) is 16.2. The van der Waals surface area contributed by atoms with E-state index in [4.69, 9.17) is 15.3 Å². The van der Waals surface area contributed by atoms with Crippen LogP contribution >= 0.6 is 0 Å². The van der Waals surface area contributed by atoms with Crippen molar-refractivity contribution < 1.29 is 30.3 Å². The molecule has 0 aliphatic heterocycles. The van der Waals surface area contributed by atoms with Gasteiger partial charge in [0.15, 0.2) is 5.78 Å². The SMILES string of the molecule is CC1(C)CC(=O)C=C([O-])C1.Cc1cc(C)n([BH-](n2nc(C)cc2C)n2nc(C)cc2C)n1.[Pd+2].c1ccncc1. The Labute approximate surface area is 245 Å². The molecule has 210 valence electrons. The van der Waals surface area contributed by atoms with Crippen LogP contribution in [0, 0.1) is 47.0 Å². The van der Waals surface area contributed by atoms with Gasteiger partial charge < -0.3 is 18.9 Å². The number of carbonyl (C=O) groups excluding carboxylic acids is 1. The quantitative estimate of drug-likeness (QED) is 0.325. The number of allylic oxidation sites excluding steroid dienone is 2. The van der Waals surface area contributed by atoms with Crippen LogP contribution in [-0.2, 0) is 25.2 Å². The van der Waals surface area contributed by atoms with Crippen LogP contribution < -0.4 is 5.11 Å². The van der Waals surface area contributed by atoms with Gasteiger partial charge in [-0.05, 0) is 107 Å². The molecule has 4 heterocycles. The van der Waals surface area contributed by atoms with Gasteiger partial charge in [-0.3, -0.25) is 9.78 Å². The normalized spacial score (nSPS) is 14.0. The first-order valence-electron chi connectivity index (χ1n) is 12.9. The van der Waals surface area contributed by atoms with Crippen LogP contribution in [0.4, 0.5) is 0 Å². The first-order chi connectivity index (χ1) is 17.9. The van der Waals surface area contributed by atoms with Crippen molar-refractivity contribution in [1.82, 2.24) is 34.1 Å². The zero-order valence-electron chi connectivity index (χ0n) is 24.1. The Hall–Kier alpha value is -3.28. The van der Waals surface area contributed by atoms with Crippen LogP contribution in [0.15, 0.2) is 60.6 Å². The van der Waals surface area contributed by atoms with Gasteiger partial charge >= 0.3 is 27.5 Å². The van der Waals surface area contributed by atoms with Crippen LogP contribution in [0.2, 0.25) is 0 Å². The molecule has 0 unspecified atom stereocenters. The molecule has 5 rings (SSSR count). The van der Waals surface area contributed by atoms with Gasteiger partial charge in [0.2, 0.25) is 0 Å². The second-order valence-corrected chi connectivity index (χ2v) is 10.8. The molecule has 0 aromatic carbocycles. The monoisotopic (exact) mass is 621 g/mol. The number of hydrogen-bond acceptors (Lipinski definition) is 6. The molecule has 4 aromatic heterocycles. The molecule has 4 aromatic rings. The number of aryl methyl sites for hydroxylation is 6. The molecule has 39 heavy (non-hydrogen) atoms. The number of nitrogens with zero attached hydrogens (tertiary/aromatic N) is 7. The standard InChI is InChI=1S/C15H22BN6.C8H12O2.C5H5N.Pd/c1-10-7-13(4)20(17-10)16(21-14(5)8-11(2)18-21)22-15(6)9-12(3)19-22;1-8(2)4-6(9)3-7(10)5-8;1-2-4-6-5-3-1;/h7-9,16H,1-6H3;3,9H,4-5H2,1-2H3;1-5H;/q-1;;;+2/p-1. The minimum atomic E-state index is -1.26. The van der Waals surface area contributed by atoms with E-state index in [1.165, 1.54) is 6.08 Å². The van der Waals surface area contributed by atoms with Crippen molar-refractivity contribution in [3.8, 4) is 0 Å². The Balaban J connectivity index is 0.000000258. The van der Waals surface area contributed by atoms with Gasteiger partial charge in [0.25, 0.3) is 0 Å². The molecule has 0 bridgehead atoms. The summed E-state index contributed by atoms with van der Waals surface area (Å²) in [5.74, 6) is -0.0532. The van der Waals surface area contributed by atoms with Gasteiger partial charge in [-0.25, -0.2) is 15.3 Å². The second kappa shape index (κ2) is 13.7. The molecule has 1 aliphatic carbocycles. The molecular formula is C28H38BN7O2Pd. The molecule has 1 aliphatic rings. The third kappa shape index (κ3) is 8.87. The number of ketones is 1. The summed E-state index contributed by atoms with van der Waals surface area (Å²) in [6, 6.07) is 12.0. The van der Waals surface area contributed by atoms with Crippen molar-refractivity contribution in [2.24, 2.45) is 5.41 Å². The Morgan fingerprint density at radius 2 is 1.15 bits per heavy atom. The Kier molecular flexibility index (Phi) is 11.2.